The highest BCUT2D eigenvalue weighted by atomic mass is 16.5. The van der Waals surface area contributed by atoms with Crippen LogP contribution in [0.2, 0.25) is 0 Å². The summed E-state index contributed by atoms with van der Waals surface area (Å²) in [5.74, 6) is 5.17. The summed E-state index contributed by atoms with van der Waals surface area (Å²) in [5, 5.41) is 8.85. The molecular formula is C45H80O3. The topological polar surface area (TPSA) is 46.5 Å². The van der Waals surface area contributed by atoms with Gasteiger partial charge in [0.05, 0.1) is 0 Å². The zero-order valence-electron chi connectivity index (χ0n) is 32.7. The molecule has 0 aromatic heterocycles. The summed E-state index contributed by atoms with van der Waals surface area (Å²) in [5.41, 5.74) is 2.47. The highest BCUT2D eigenvalue weighted by molar-refractivity contribution is 5.69. The Kier molecular flexibility index (Phi) is 16.9. The predicted molar refractivity (Wildman–Crippen MR) is 204 cm³/mol. The van der Waals surface area contributed by atoms with Crippen molar-refractivity contribution in [2.75, 3.05) is 6.61 Å². The van der Waals surface area contributed by atoms with Crippen LogP contribution >= 0.6 is 0 Å². The number of carbonyl (C=O) groups is 1. The minimum atomic E-state index is 0.0677. The highest BCUT2D eigenvalue weighted by Gasteiger charge is 2.59. The molecule has 3 fully saturated rings. The molecule has 3 nitrogen and oxygen atoms in total. The summed E-state index contributed by atoms with van der Waals surface area (Å²) >= 11 is 0. The SMILES string of the molecule is CC(C)CCC[C@@H](C)[C@H]1CCC2C3CC=C4CCC(OC(=O)CCCCCCCCCCCCCCCCCO)C[C@]4(C)C3CC[C@@]21C. The Hall–Kier alpha value is -0.830. The number of esters is 1. The van der Waals surface area contributed by atoms with Gasteiger partial charge in [-0.05, 0) is 111 Å². The Labute approximate surface area is 298 Å². The fourth-order valence-electron chi connectivity index (χ4n) is 11.8. The molecule has 4 unspecified atom stereocenters. The van der Waals surface area contributed by atoms with E-state index in [0.29, 0.717) is 18.4 Å². The van der Waals surface area contributed by atoms with Crippen molar-refractivity contribution in [3.8, 4) is 0 Å². The van der Waals surface area contributed by atoms with Gasteiger partial charge in [-0.2, -0.15) is 0 Å². The summed E-state index contributed by atoms with van der Waals surface area (Å²) in [6.45, 7) is 13.0. The third-order valence-electron chi connectivity index (χ3n) is 14.6. The summed E-state index contributed by atoms with van der Waals surface area (Å²) in [7, 11) is 0. The molecule has 3 saturated carbocycles. The van der Waals surface area contributed by atoms with Crippen LogP contribution in [0, 0.1) is 46.3 Å². The van der Waals surface area contributed by atoms with Crippen molar-refractivity contribution in [2.45, 2.75) is 214 Å². The number of aliphatic hydroxyl groups is 1. The zero-order valence-corrected chi connectivity index (χ0v) is 32.7. The maximum absolute atomic E-state index is 13.0. The molecule has 0 heterocycles. The van der Waals surface area contributed by atoms with E-state index in [1.54, 1.807) is 5.57 Å². The molecule has 4 aliphatic rings. The van der Waals surface area contributed by atoms with E-state index >= 15 is 0 Å². The van der Waals surface area contributed by atoms with E-state index in [-0.39, 0.29) is 17.5 Å². The molecule has 1 N–H and O–H groups in total. The fraction of sp³-hybridized carbons (Fsp3) is 0.933. The molecule has 0 radical (unpaired) electrons. The number of rotatable bonds is 23. The van der Waals surface area contributed by atoms with Crippen molar-refractivity contribution in [2.24, 2.45) is 46.3 Å². The number of unbranched alkanes of at least 4 members (excludes halogenated alkanes) is 14. The van der Waals surface area contributed by atoms with Crippen LogP contribution < -0.4 is 0 Å². The second kappa shape index (κ2) is 20.3. The first-order valence-electron chi connectivity index (χ1n) is 21.7. The van der Waals surface area contributed by atoms with Crippen LogP contribution in [0.3, 0.4) is 0 Å². The van der Waals surface area contributed by atoms with Crippen LogP contribution in [0.5, 0.6) is 0 Å². The first-order chi connectivity index (χ1) is 23.2. The lowest BCUT2D eigenvalue weighted by Crippen LogP contribution is -2.51. The first kappa shape index (κ1) is 39.9. The molecule has 48 heavy (non-hydrogen) atoms. The lowest BCUT2D eigenvalue weighted by Gasteiger charge is -2.58. The van der Waals surface area contributed by atoms with Crippen molar-refractivity contribution in [3.05, 3.63) is 11.6 Å². The highest BCUT2D eigenvalue weighted by Crippen LogP contribution is 2.67. The molecule has 3 heteroatoms. The number of hydrogen-bond acceptors (Lipinski definition) is 3. The average molecular weight is 669 g/mol. The molecule has 4 rings (SSSR count). The van der Waals surface area contributed by atoms with Crippen LogP contribution in [-0.2, 0) is 9.53 Å². The second-order valence-electron chi connectivity index (χ2n) is 18.4. The van der Waals surface area contributed by atoms with E-state index < -0.39 is 0 Å². The third-order valence-corrected chi connectivity index (χ3v) is 14.6. The predicted octanol–water partition coefficient (Wildman–Crippen LogP) is 13.2. The molecule has 0 aromatic carbocycles. The van der Waals surface area contributed by atoms with Gasteiger partial charge in [-0.3, -0.25) is 4.79 Å². The normalized spacial score (nSPS) is 32.0. The summed E-state index contributed by atoms with van der Waals surface area (Å²) in [6.07, 6.45) is 37.0. The smallest absolute Gasteiger partial charge is 0.306 e. The molecule has 4 aliphatic carbocycles. The standard InChI is InChI=1S/C45H80O3/c1-35(2)22-21-23-36(3)40-29-30-41-39-28-26-37-25-27-38(34-45(37,5)42(39)31-32-44(40,41)4)48-43(47)24-19-17-15-13-11-9-7-6-8-10-12-14-16-18-20-33-46/h26,35-36,38-42,46H,6-25,27-34H2,1-5H3/t36-,38?,39?,40-,41?,42?,44-,45+/m1/s1. The number of fused-ring (bicyclic) bond motifs is 5. The Morgan fingerprint density at radius 2 is 1.38 bits per heavy atom. The van der Waals surface area contributed by atoms with Crippen LogP contribution in [0.25, 0.3) is 0 Å². The van der Waals surface area contributed by atoms with Crippen LogP contribution in [0.4, 0.5) is 0 Å². The van der Waals surface area contributed by atoms with Gasteiger partial charge < -0.3 is 9.84 Å². The van der Waals surface area contributed by atoms with Crippen molar-refractivity contribution in [1.29, 1.82) is 0 Å². The van der Waals surface area contributed by atoms with Crippen molar-refractivity contribution in [1.82, 2.24) is 0 Å². The number of carbonyl (C=O) groups excluding carboxylic acids is 1. The first-order valence-corrected chi connectivity index (χ1v) is 21.7. The van der Waals surface area contributed by atoms with E-state index in [1.165, 1.54) is 135 Å². The van der Waals surface area contributed by atoms with E-state index in [0.717, 1.165) is 67.6 Å². The zero-order chi connectivity index (χ0) is 34.4. The monoisotopic (exact) mass is 669 g/mol. The van der Waals surface area contributed by atoms with Gasteiger partial charge in [0.1, 0.15) is 6.10 Å². The molecule has 278 valence electrons. The minimum Gasteiger partial charge on any atom is -0.462 e. The third kappa shape index (κ3) is 11.1. The number of aliphatic hydroxyl groups excluding tert-OH is 1. The molecule has 0 spiro atoms. The van der Waals surface area contributed by atoms with Crippen molar-refractivity contribution in [3.63, 3.8) is 0 Å². The Morgan fingerprint density at radius 3 is 1.98 bits per heavy atom. The van der Waals surface area contributed by atoms with Crippen molar-refractivity contribution >= 4 is 5.97 Å². The number of hydrogen-bond donors (Lipinski definition) is 1. The molecule has 0 bridgehead atoms. The second-order valence-corrected chi connectivity index (χ2v) is 18.4. The largest absolute Gasteiger partial charge is 0.462 e. The lowest BCUT2D eigenvalue weighted by atomic mass is 9.47. The summed E-state index contributed by atoms with van der Waals surface area (Å²) < 4.78 is 6.24. The van der Waals surface area contributed by atoms with Crippen LogP contribution in [0.1, 0.15) is 208 Å². The Bertz CT molecular complexity index is 954. The lowest BCUT2D eigenvalue weighted by molar-refractivity contribution is -0.153. The van der Waals surface area contributed by atoms with Gasteiger partial charge in [-0.15, -0.1) is 0 Å². The molecule has 0 amide bonds. The number of ether oxygens (including phenoxy) is 1. The average Bonchev–Trinajstić information content (AvgIpc) is 3.41. The van der Waals surface area contributed by atoms with Crippen molar-refractivity contribution < 1.29 is 14.6 Å². The maximum Gasteiger partial charge on any atom is 0.306 e. The van der Waals surface area contributed by atoms with Gasteiger partial charge in [0, 0.05) is 13.0 Å². The Morgan fingerprint density at radius 1 is 0.771 bits per heavy atom. The quantitative estimate of drug-likeness (QED) is 0.0669. The Balaban J connectivity index is 1.10. The van der Waals surface area contributed by atoms with E-state index in [1.807, 2.05) is 0 Å². The van der Waals surface area contributed by atoms with Gasteiger partial charge in [0.2, 0.25) is 0 Å². The number of allylic oxidation sites excluding steroid dienone is 2. The van der Waals surface area contributed by atoms with Gasteiger partial charge in [0.15, 0.2) is 0 Å². The van der Waals surface area contributed by atoms with Crippen LogP contribution in [-0.4, -0.2) is 23.8 Å². The summed E-state index contributed by atoms with van der Waals surface area (Å²) in [6, 6.07) is 0. The van der Waals surface area contributed by atoms with E-state index in [9.17, 15) is 4.79 Å². The summed E-state index contributed by atoms with van der Waals surface area (Å²) in [4.78, 5) is 13.0. The molecule has 8 atom stereocenters. The molecule has 0 aliphatic heterocycles. The van der Waals surface area contributed by atoms with Gasteiger partial charge in [-0.1, -0.05) is 149 Å². The molecule has 0 saturated heterocycles. The fourth-order valence-corrected chi connectivity index (χ4v) is 11.8. The minimum absolute atomic E-state index is 0.0677. The van der Waals surface area contributed by atoms with Gasteiger partial charge in [0.25, 0.3) is 0 Å². The molecule has 0 aromatic rings. The van der Waals surface area contributed by atoms with Crippen LogP contribution in [0.15, 0.2) is 11.6 Å². The van der Waals surface area contributed by atoms with E-state index in [2.05, 4.69) is 40.7 Å². The molecular weight excluding hydrogens is 588 g/mol. The maximum atomic E-state index is 13.0. The van der Waals surface area contributed by atoms with Gasteiger partial charge in [-0.25, -0.2) is 0 Å². The van der Waals surface area contributed by atoms with E-state index in [4.69, 9.17) is 9.84 Å². The van der Waals surface area contributed by atoms with Gasteiger partial charge >= 0.3 is 5.97 Å².